The summed E-state index contributed by atoms with van der Waals surface area (Å²) >= 11 is 13.0. The molecule has 0 aliphatic carbocycles. The van der Waals surface area contributed by atoms with E-state index in [0.717, 1.165) is 37.9 Å². The van der Waals surface area contributed by atoms with Crippen LogP contribution >= 0.6 is 43.5 Å². The molecule has 0 unspecified atom stereocenters. The number of halogens is 3. The van der Waals surface area contributed by atoms with Crippen molar-refractivity contribution in [3.05, 3.63) is 57.2 Å². The summed E-state index contributed by atoms with van der Waals surface area (Å²) in [4.78, 5) is 4.71. The van der Waals surface area contributed by atoms with Gasteiger partial charge in [-0.2, -0.15) is 0 Å². The SMILES string of the molecule is ClCCc1nc2cc(Br)ccc2n1-c1ccccc1Br. The molecule has 0 atom stereocenters. The Morgan fingerprint density at radius 3 is 2.65 bits per heavy atom. The van der Waals surface area contributed by atoms with Crippen molar-refractivity contribution in [3.8, 4) is 5.69 Å². The molecule has 0 spiro atoms. The van der Waals surface area contributed by atoms with Crippen LogP contribution in [0.2, 0.25) is 0 Å². The smallest absolute Gasteiger partial charge is 0.115 e. The lowest BCUT2D eigenvalue weighted by atomic mass is 10.2. The number of imidazole rings is 1. The zero-order valence-corrected chi connectivity index (χ0v) is 14.4. The van der Waals surface area contributed by atoms with E-state index >= 15 is 0 Å². The molecule has 0 aliphatic rings. The fourth-order valence-electron chi connectivity index (χ4n) is 2.26. The highest BCUT2D eigenvalue weighted by Crippen LogP contribution is 2.28. The second kappa shape index (κ2) is 5.88. The Morgan fingerprint density at radius 2 is 1.90 bits per heavy atom. The summed E-state index contributed by atoms with van der Waals surface area (Å²) in [5, 5.41) is 0. The van der Waals surface area contributed by atoms with Crippen LogP contribution in [-0.2, 0) is 6.42 Å². The van der Waals surface area contributed by atoms with Crippen molar-refractivity contribution in [3.63, 3.8) is 0 Å². The fraction of sp³-hybridized carbons (Fsp3) is 0.133. The van der Waals surface area contributed by atoms with Crippen molar-refractivity contribution in [2.75, 3.05) is 5.88 Å². The van der Waals surface area contributed by atoms with Gasteiger partial charge in [0.05, 0.1) is 16.7 Å². The van der Waals surface area contributed by atoms with Crippen molar-refractivity contribution >= 4 is 54.5 Å². The Hall–Kier alpha value is -0.840. The van der Waals surface area contributed by atoms with Crippen molar-refractivity contribution in [1.82, 2.24) is 9.55 Å². The van der Waals surface area contributed by atoms with Crippen LogP contribution in [0.4, 0.5) is 0 Å². The molecule has 2 nitrogen and oxygen atoms in total. The van der Waals surface area contributed by atoms with E-state index in [0.29, 0.717) is 5.88 Å². The van der Waals surface area contributed by atoms with Crippen LogP contribution in [0.15, 0.2) is 51.4 Å². The molecule has 3 aromatic rings. The van der Waals surface area contributed by atoms with E-state index in [1.54, 1.807) is 0 Å². The maximum atomic E-state index is 5.92. The monoisotopic (exact) mass is 412 g/mol. The van der Waals surface area contributed by atoms with Crippen LogP contribution in [0.3, 0.4) is 0 Å². The number of nitrogens with zero attached hydrogens (tertiary/aromatic N) is 2. The summed E-state index contributed by atoms with van der Waals surface area (Å²) in [5.41, 5.74) is 3.13. The first-order chi connectivity index (χ1) is 9.70. The number of rotatable bonds is 3. The number of aromatic nitrogens is 2. The quantitative estimate of drug-likeness (QED) is 0.530. The molecular weight excluding hydrogens is 403 g/mol. The average Bonchev–Trinajstić information content (AvgIpc) is 2.77. The van der Waals surface area contributed by atoms with Gasteiger partial charge in [-0.3, -0.25) is 4.57 Å². The normalized spacial score (nSPS) is 11.2. The predicted molar refractivity (Wildman–Crippen MR) is 90.9 cm³/mol. The number of aryl methyl sites for hydroxylation is 1. The second-order valence-corrected chi connectivity index (χ2v) is 6.53. The minimum atomic E-state index is 0.551. The third kappa shape index (κ3) is 2.52. The van der Waals surface area contributed by atoms with E-state index in [1.807, 2.05) is 30.3 Å². The summed E-state index contributed by atoms with van der Waals surface area (Å²) in [6.45, 7) is 0. The Balaban J connectivity index is 2.32. The van der Waals surface area contributed by atoms with E-state index in [4.69, 9.17) is 16.6 Å². The number of benzene rings is 2. The van der Waals surface area contributed by atoms with Gasteiger partial charge in [-0.25, -0.2) is 4.98 Å². The molecule has 0 N–H and O–H groups in total. The largest absolute Gasteiger partial charge is 0.295 e. The number of fused-ring (bicyclic) bond motifs is 1. The lowest BCUT2D eigenvalue weighted by molar-refractivity contribution is 0.909. The van der Waals surface area contributed by atoms with Crippen molar-refractivity contribution in [1.29, 1.82) is 0 Å². The lowest BCUT2D eigenvalue weighted by Gasteiger charge is -2.10. The van der Waals surface area contributed by atoms with Crippen LogP contribution in [0, 0.1) is 0 Å². The first-order valence-electron chi connectivity index (χ1n) is 6.18. The van der Waals surface area contributed by atoms with E-state index in [2.05, 4.69) is 48.6 Å². The maximum Gasteiger partial charge on any atom is 0.115 e. The number of para-hydroxylation sites is 1. The van der Waals surface area contributed by atoms with Crippen LogP contribution in [0.5, 0.6) is 0 Å². The zero-order chi connectivity index (χ0) is 14.1. The highest BCUT2D eigenvalue weighted by Gasteiger charge is 2.14. The number of hydrogen-bond acceptors (Lipinski definition) is 1. The molecule has 102 valence electrons. The molecule has 0 saturated heterocycles. The first kappa shape index (κ1) is 14.1. The van der Waals surface area contributed by atoms with Gasteiger partial charge in [0.2, 0.25) is 0 Å². The van der Waals surface area contributed by atoms with Gasteiger partial charge in [-0.15, -0.1) is 11.6 Å². The molecule has 0 aliphatic heterocycles. The van der Waals surface area contributed by atoms with E-state index in [9.17, 15) is 0 Å². The molecule has 0 fully saturated rings. The lowest BCUT2D eigenvalue weighted by Crippen LogP contribution is -2.02. The van der Waals surface area contributed by atoms with Gasteiger partial charge in [0, 0.05) is 21.2 Å². The molecule has 1 heterocycles. The predicted octanol–water partition coefficient (Wildman–Crippen LogP) is 5.33. The van der Waals surface area contributed by atoms with Crippen molar-refractivity contribution < 1.29 is 0 Å². The standard InChI is InChI=1S/C15H11Br2ClN2/c16-10-5-6-14-12(9-10)19-15(7-8-18)20(14)13-4-2-1-3-11(13)17/h1-6,9H,7-8H2. The van der Waals surface area contributed by atoms with Crippen LogP contribution in [-0.4, -0.2) is 15.4 Å². The van der Waals surface area contributed by atoms with Gasteiger partial charge in [-0.05, 0) is 46.3 Å². The van der Waals surface area contributed by atoms with Crippen LogP contribution in [0.25, 0.3) is 16.7 Å². The van der Waals surface area contributed by atoms with Gasteiger partial charge in [0.15, 0.2) is 0 Å². The summed E-state index contributed by atoms with van der Waals surface area (Å²) in [6, 6.07) is 14.3. The zero-order valence-electron chi connectivity index (χ0n) is 10.5. The summed E-state index contributed by atoms with van der Waals surface area (Å²) in [6.07, 6.45) is 0.731. The molecule has 2 aromatic carbocycles. The van der Waals surface area contributed by atoms with Gasteiger partial charge in [0.25, 0.3) is 0 Å². The number of hydrogen-bond donors (Lipinski definition) is 0. The van der Waals surface area contributed by atoms with Gasteiger partial charge >= 0.3 is 0 Å². The first-order valence-corrected chi connectivity index (χ1v) is 8.30. The molecule has 0 saturated carbocycles. The van der Waals surface area contributed by atoms with E-state index in [-0.39, 0.29) is 0 Å². The Morgan fingerprint density at radius 1 is 1.10 bits per heavy atom. The van der Waals surface area contributed by atoms with Gasteiger partial charge in [-0.1, -0.05) is 28.1 Å². The van der Waals surface area contributed by atoms with E-state index in [1.165, 1.54) is 0 Å². The maximum absolute atomic E-state index is 5.92. The molecule has 3 rings (SSSR count). The summed E-state index contributed by atoms with van der Waals surface area (Å²) in [7, 11) is 0. The summed E-state index contributed by atoms with van der Waals surface area (Å²) in [5.74, 6) is 1.52. The minimum absolute atomic E-state index is 0.551. The highest BCUT2D eigenvalue weighted by molar-refractivity contribution is 9.10. The average molecular weight is 415 g/mol. The van der Waals surface area contributed by atoms with E-state index < -0.39 is 0 Å². The highest BCUT2D eigenvalue weighted by atomic mass is 79.9. The fourth-order valence-corrected chi connectivity index (χ4v) is 3.24. The van der Waals surface area contributed by atoms with Gasteiger partial charge in [0.1, 0.15) is 5.82 Å². The molecule has 0 amide bonds. The third-order valence-corrected chi connectivity index (χ3v) is 4.45. The Labute approximate surface area is 139 Å². The second-order valence-electron chi connectivity index (χ2n) is 4.39. The Kier molecular flexibility index (Phi) is 4.15. The minimum Gasteiger partial charge on any atom is -0.295 e. The molecule has 0 bridgehead atoms. The van der Waals surface area contributed by atoms with Crippen LogP contribution < -0.4 is 0 Å². The molecular formula is C15H11Br2ClN2. The van der Waals surface area contributed by atoms with Crippen molar-refractivity contribution in [2.24, 2.45) is 0 Å². The Bertz CT molecular complexity index is 768. The molecule has 5 heteroatoms. The van der Waals surface area contributed by atoms with Gasteiger partial charge < -0.3 is 0 Å². The van der Waals surface area contributed by atoms with Crippen LogP contribution in [0.1, 0.15) is 5.82 Å². The topological polar surface area (TPSA) is 17.8 Å². The molecule has 20 heavy (non-hydrogen) atoms. The summed E-state index contributed by atoms with van der Waals surface area (Å²) < 4.78 is 4.23. The third-order valence-electron chi connectivity index (χ3n) is 3.10. The van der Waals surface area contributed by atoms with Crippen molar-refractivity contribution in [2.45, 2.75) is 6.42 Å². The number of alkyl halides is 1. The molecule has 0 radical (unpaired) electrons. The molecule has 1 aromatic heterocycles.